The molecule has 0 spiro atoms. The van der Waals surface area contributed by atoms with Crippen LogP contribution in [0.2, 0.25) is 0 Å². The fourth-order valence-corrected chi connectivity index (χ4v) is 1.16. The van der Waals surface area contributed by atoms with Crippen LogP contribution in [0.1, 0.15) is 33.6 Å². The summed E-state index contributed by atoms with van der Waals surface area (Å²) in [5, 5.41) is 0. The normalized spacial score (nSPS) is 12.5. The van der Waals surface area contributed by atoms with E-state index in [-0.39, 0.29) is 5.54 Å². The maximum absolute atomic E-state index is 5.17. The SMILES string of the molecule is CCCCN(C)C(C)(C)COC. The third kappa shape index (κ3) is 4.07. The second-order valence-corrected chi connectivity index (χ2v) is 4.02. The number of ether oxygens (including phenoxy) is 1. The molecule has 0 rings (SSSR count). The van der Waals surface area contributed by atoms with E-state index in [1.54, 1.807) is 7.11 Å². The molecule has 2 heteroatoms. The largest absolute Gasteiger partial charge is 0.383 e. The van der Waals surface area contributed by atoms with Crippen LogP contribution in [0.5, 0.6) is 0 Å². The van der Waals surface area contributed by atoms with Gasteiger partial charge in [-0.2, -0.15) is 0 Å². The third-order valence-corrected chi connectivity index (χ3v) is 2.38. The molecule has 0 N–H and O–H groups in total. The van der Waals surface area contributed by atoms with Crippen molar-refractivity contribution in [3.8, 4) is 0 Å². The zero-order chi connectivity index (χ0) is 9.61. The molecule has 0 aromatic carbocycles. The Morgan fingerprint density at radius 3 is 2.33 bits per heavy atom. The van der Waals surface area contributed by atoms with Crippen molar-refractivity contribution in [1.82, 2.24) is 4.90 Å². The fraction of sp³-hybridized carbons (Fsp3) is 1.00. The number of hydrogen-bond donors (Lipinski definition) is 0. The van der Waals surface area contributed by atoms with Gasteiger partial charge in [0.2, 0.25) is 0 Å². The quantitative estimate of drug-likeness (QED) is 0.610. The Bertz CT molecular complexity index is 112. The highest BCUT2D eigenvalue weighted by Crippen LogP contribution is 2.12. The Balaban J connectivity index is 3.79. The minimum absolute atomic E-state index is 0.171. The van der Waals surface area contributed by atoms with Crippen molar-refractivity contribution in [3.05, 3.63) is 0 Å². The molecule has 0 aromatic rings. The first-order valence-corrected chi connectivity index (χ1v) is 4.74. The predicted octanol–water partition coefficient (Wildman–Crippen LogP) is 2.14. The van der Waals surface area contributed by atoms with E-state index in [1.807, 2.05) is 0 Å². The lowest BCUT2D eigenvalue weighted by Gasteiger charge is -2.34. The molecular weight excluding hydrogens is 150 g/mol. The summed E-state index contributed by atoms with van der Waals surface area (Å²) in [6.45, 7) is 8.61. The molecule has 74 valence electrons. The van der Waals surface area contributed by atoms with Gasteiger partial charge in [0.05, 0.1) is 6.61 Å². The van der Waals surface area contributed by atoms with Gasteiger partial charge >= 0.3 is 0 Å². The molecule has 0 aliphatic heterocycles. The molecule has 0 radical (unpaired) electrons. The van der Waals surface area contributed by atoms with Crippen LogP contribution in [-0.4, -0.2) is 37.7 Å². The Hall–Kier alpha value is -0.0800. The molecule has 0 saturated carbocycles. The average Bonchev–Trinajstić information content (AvgIpc) is 2.00. The van der Waals surface area contributed by atoms with Crippen LogP contribution >= 0.6 is 0 Å². The Kier molecular flexibility index (Phi) is 5.51. The third-order valence-electron chi connectivity index (χ3n) is 2.38. The number of likely N-dealkylation sites (N-methyl/N-ethyl adjacent to an activating group) is 1. The van der Waals surface area contributed by atoms with Gasteiger partial charge in [-0.3, -0.25) is 4.90 Å². The second kappa shape index (κ2) is 5.55. The topological polar surface area (TPSA) is 12.5 Å². The van der Waals surface area contributed by atoms with Crippen LogP contribution < -0.4 is 0 Å². The summed E-state index contributed by atoms with van der Waals surface area (Å²) in [4.78, 5) is 2.36. The minimum atomic E-state index is 0.171. The molecule has 0 amide bonds. The summed E-state index contributed by atoms with van der Waals surface area (Å²) in [7, 11) is 3.92. The van der Waals surface area contributed by atoms with E-state index in [0.717, 1.165) is 13.2 Å². The van der Waals surface area contributed by atoms with Crippen molar-refractivity contribution in [2.45, 2.75) is 39.2 Å². The van der Waals surface area contributed by atoms with Gasteiger partial charge in [-0.05, 0) is 33.9 Å². The van der Waals surface area contributed by atoms with Crippen molar-refractivity contribution < 1.29 is 4.74 Å². The molecule has 0 heterocycles. The van der Waals surface area contributed by atoms with Crippen molar-refractivity contribution in [3.63, 3.8) is 0 Å². The highest BCUT2D eigenvalue weighted by molar-refractivity contribution is 4.78. The molecule has 0 aromatic heterocycles. The summed E-state index contributed by atoms with van der Waals surface area (Å²) < 4.78 is 5.17. The molecule has 0 atom stereocenters. The first kappa shape index (κ1) is 11.9. The van der Waals surface area contributed by atoms with Gasteiger partial charge in [-0.1, -0.05) is 13.3 Å². The summed E-state index contributed by atoms with van der Waals surface area (Å²) >= 11 is 0. The molecule has 0 bridgehead atoms. The summed E-state index contributed by atoms with van der Waals surface area (Å²) in [6, 6.07) is 0. The maximum Gasteiger partial charge on any atom is 0.0641 e. The molecule has 0 saturated heterocycles. The monoisotopic (exact) mass is 173 g/mol. The van der Waals surface area contributed by atoms with E-state index in [4.69, 9.17) is 4.74 Å². The lowest BCUT2D eigenvalue weighted by Crippen LogP contribution is -2.45. The average molecular weight is 173 g/mol. The summed E-state index contributed by atoms with van der Waals surface area (Å²) in [5.74, 6) is 0. The smallest absolute Gasteiger partial charge is 0.0641 e. The highest BCUT2D eigenvalue weighted by atomic mass is 16.5. The lowest BCUT2D eigenvalue weighted by atomic mass is 10.0. The maximum atomic E-state index is 5.17. The summed E-state index contributed by atoms with van der Waals surface area (Å²) in [6.07, 6.45) is 2.52. The van der Waals surface area contributed by atoms with Crippen molar-refractivity contribution in [2.75, 3.05) is 27.3 Å². The highest BCUT2D eigenvalue weighted by Gasteiger charge is 2.22. The van der Waals surface area contributed by atoms with E-state index in [9.17, 15) is 0 Å². The van der Waals surface area contributed by atoms with Crippen LogP contribution in [0, 0.1) is 0 Å². The summed E-state index contributed by atoms with van der Waals surface area (Å²) in [5.41, 5.74) is 0.171. The number of methoxy groups -OCH3 is 1. The molecule has 12 heavy (non-hydrogen) atoms. The van der Waals surface area contributed by atoms with E-state index < -0.39 is 0 Å². The molecule has 0 unspecified atom stereocenters. The van der Waals surface area contributed by atoms with Gasteiger partial charge in [0, 0.05) is 12.6 Å². The fourth-order valence-electron chi connectivity index (χ4n) is 1.16. The van der Waals surface area contributed by atoms with Gasteiger partial charge in [0.25, 0.3) is 0 Å². The van der Waals surface area contributed by atoms with Gasteiger partial charge in [-0.15, -0.1) is 0 Å². The second-order valence-electron chi connectivity index (χ2n) is 4.02. The van der Waals surface area contributed by atoms with Crippen LogP contribution in [-0.2, 0) is 4.74 Å². The van der Waals surface area contributed by atoms with Crippen molar-refractivity contribution in [2.24, 2.45) is 0 Å². The number of nitrogens with zero attached hydrogens (tertiary/aromatic N) is 1. The van der Waals surface area contributed by atoms with Gasteiger partial charge < -0.3 is 4.74 Å². The van der Waals surface area contributed by atoms with Crippen LogP contribution in [0.3, 0.4) is 0 Å². The molecule has 2 nitrogen and oxygen atoms in total. The molecule has 0 aliphatic carbocycles. The van der Waals surface area contributed by atoms with Crippen LogP contribution in [0.25, 0.3) is 0 Å². The zero-order valence-corrected chi connectivity index (χ0v) is 9.18. The number of rotatable bonds is 6. The van der Waals surface area contributed by atoms with Gasteiger partial charge in [0.15, 0.2) is 0 Å². The Morgan fingerprint density at radius 1 is 1.33 bits per heavy atom. The first-order valence-electron chi connectivity index (χ1n) is 4.74. The van der Waals surface area contributed by atoms with Crippen molar-refractivity contribution in [1.29, 1.82) is 0 Å². The number of hydrogen-bond acceptors (Lipinski definition) is 2. The van der Waals surface area contributed by atoms with E-state index in [0.29, 0.717) is 0 Å². The Labute approximate surface area is 76.9 Å². The van der Waals surface area contributed by atoms with Crippen LogP contribution in [0.4, 0.5) is 0 Å². The zero-order valence-electron chi connectivity index (χ0n) is 9.18. The minimum Gasteiger partial charge on any atom is -0.383 e. The standard InChI is InChI=1S/C10H23NO/c1-6-7-8-11(4)10(2,3)9-12-5/h6-9H2,1-5H3. The van der Waals surface area contributed by atoms with E-state index in [2.05, 4.69) is 32.7 Å². The van der Waals surface area contributed by atoms with Crippen molar-refractivity contribution >= 4 is 0 Å². The van der Waals surface area contributed by atoms with E-state index in [1.165, 1.54) is 12.8 Å². The first-order chi connectivity index (χ1) is 5.54. The number of unbranched alkanes of at least 4 members (excludes halogenated alkanes) is 1. The molecular formula is C10H23NO. The predicted molar refractivity (Wildman–Crippen MR) is 53.5 cm³/mol. The Morgan fingerprint density at radius 2 is 1.92 bits per heavy atom. The molecule has 0 fully saturated rings. The molecule has 0 aliphatic rings. The lowest BCUT2D eigenvalue weighted by molar-refractivity contribution is 0.0498. The van der Waals surface area contributed by atoms with Gasteiger partial charge in [-0.25, -0.2) is 0 Å². The van der Waals surface area contributed by atoms with E-state index >= 15 is 0 Å². The van der Waals surface area contributed by atoms with Crippen LogP contribution in [0.15, 0.2) is 0 Å². The van der Waals surface area contributed by atoms with Gasteiger partial charge in [0.1, 0.15) is 0 Å².